The monoisotopic (exact) mass is 431 g/mol. The summed E-state index contributed by atoms with van der Waals surface area (Å²) in [5.41, 5.74) is 8.27. The third-order valence-corrected chi connectivity index (χ3v) is 4.45. The average molecular weight is 432 g/mol. The lowest BCUT2D eigenvalue weighted by Crippen LogP contribution is -2.38. The minimum Gasteiger partial charge on any atom is -0.497 e. The molecule has 11 heteroatoms. The summed E-state index contributed by atoms with van der Waals surface area (Å²) in [7, 11) is 1.60. The number of anilines is 1. The molecule has 0 radical (unpaired) electrons. The molecule has 4 N–H and O–H groups in total. The topological polar surface area (TPSA) is 108 Å². The summed E-state index contributed by atoms with van der Waals surface area (Å²) in [6, 6.07) is 5.60. The fourth-order valence-corrected chi connectivity index (χ4v) is 3.12. The lowest BCUT2D eigenvalue weighted by atomic mass is 10.1. The molecule has 0 atom stereocenters. The molecule has 9 nitrogen and oxygen atoms in total. The third kappa shape index (κ3) is 4.51. The van der Waals surface area contributed by atoms with Gasteiger partial charge in [0.15, 0.2) is 17.1 Å². The molecule has 2 aromatic carbocycles. The van der Waals surface area contributed by atoms with Crippen LogP contribution in [0.1, 0.15) is 13.8 Å². The van der Waals surface area contributed by atoms with E-state index in [0.29, 0.717) is 46.4 Å². The predicted molar refractivity (Wildman–Crippen MR) is 122 cm³/mol. The largest absolute Gasteiger partial charge is 0.497 e. The molecule has 0 aliphatic rings. The molecule has 1 aromatic heterocycles. The first kappa shape index (κ1) is 20.7. The zero-order valence-electron chi connectivity index (χ0n) is 16.2. The van der Waals surface area contributed by atoms with Crippen LogP contribution >= 0.6 is 24.4 Å². The van der Waals surface area contributed by atoms with Gasteiger partial charge in [-0.3, -0.25) is 10.9 Å². The zero-order chi connectivity index (χ0) is 20.8. The summed E-state index contributed by atoms with van der Waals surface area (Å²) in [6.45, 7) is 5.22. The Bertz CT molecular complexity index is 1080. The van der Waals surface area contributed by atoms with Crippen molar-refractivity contribution in [1.82, 2.24) is 21.0 Å². The number of ether oxygens (including phenoxy) is 1. The summed E-state index contributed by atoms with van der Waals surface area (Å²) in [5, 5.41) is 16.8. The second kappa shape index (κ2) is 9.43. The molecular weight excluding hydrogens is 410 g/mol. The van der Waals surface area contributed by atoms with Crippen molar-refractivity contribution in [2.45, 2.75) is 13.8 Å². The summed E-state index contributed by atoms with van der Waals surface area (Å²) < 4.78 is 11.0. The minimum atomic E-state index is 0.283. The van der Waals surface area contributed by atoms with Crippen LogP contribution in [-0.2, 0) is 0 Å². The molecule has 0 saturated carbocycles. The number of nitrogens with one attached hydrogen (secondary N) is 4. The van der Waals surface area contributed by atoms with Gasteiger partial charge in [0.05, 0.1) is 7.11 Å². The number of benzene rings is 2. The van der Waals surface area contributed by atoms with Crippen LogP contribution in [0.5, 0.6) is 5.75 Å². The van der Waals surface area contributed by atoms with E-state index in [-0.39, 0.29) is 5.11 Å². The van der Waals surface area contributed by atoms with Crippen LogP contribution in [0, 0.1) is 0 Å². The van der Waals surface area contributed by atoms with E-state index in [0.717, 1.165) is 10.8 Å². The standard InChI is InChI=1S/C18H21N7O2S2/c1-4-19-17(28)24-22-13-12-8-10(26-3)6-7-11(12)16-15(21-9-27-16)14(13)23-25-18(29)20-5-2/h6-9,23H,4-5H2,1-3H3,(H,19,28)(H2,20,25,29). The van der Waals surface area contributed by atoms with Crippen LogP contribution in [0.15, 0.2) is 39.2 Å². The molecule has 3 rings (SSSR count). The van der Waals surface area contributed by atoms with E-state index in [1.165, 1.54) is 6.39 Å². The van der Waals surface area contributed by atoms with Gasteiger partial charge in [-0.05, 0) is 56.5 Å². The fraction of sp³-hybridized carbons (Fsp3) is 0.278. The molecule has 3 aromatic rings. The van der Waals surface area contributed by atoms with Crippen molar-refractivity contribution in [2.75, 3.05) is 25.6 Å². The van der Waals surface area contributed by atoms with Crippen molar-refractivity contribution in [2.24, 2.45) is 10.2 Å². The van der Waals surface area contributed by atoms with Crippen molar-refractivity contribution in [3.63, 3.8) is 0 Å². The van der Waals surface area contributed by atoms with Gasteiger partial charge in [-0.15, -0.1) is 10.2 Å². The second-order valence-electron chi connectivity index (χ2n) is 5.81. The number of aromatic nitrogens is 1. The number of hydrogen-bond acceptors (Lipinski definition) is 7. The van der Waals surface area contributed by atoms with Crippen LogP contribution in [0.3, 0.4) is 0 Å². The van der Waals surface area contributed by atoms with Crippen LogP contribution in [0.25, 0.3) is 21.9 Å². The number of azo groups is 1. The Balaban J connectivity index is 2.19. The van der Waals surface area contributed by atoms with Crippen molar-refractivity contribution >= 4 is 67.9 Å². The number of rotatable bonds is 6. The van der Waals surface area contributed by atoms with Crippen molar-refractivity contribution in [1.29, 1.82) is 0 Å². The molecule has 0 fully saturated rings. The van der Waals surface area contributed by atoms with Crippen molar-refractivity contribution in [3.8, 4) is 5.75 Å². The van der Waals surface area contributed by atoms with Gasteiger partial charge in [-0.2, -0.15) is 0 Å². The van der Waals surface area contributed by atoms with Gasteiger partial charge in [-0.1, -0.05) is 0 Å². The lowest BCUT2D eigenvalue weighted by Gasteiger charge is -2.15. The van der Waals surface area contributed by atoms with E-state index < -0.39 is 0 Å². The summed E-state index contributed by atoms with van der Waals surface area (Å²) in [5.74, 6) is 0.671. The lowest BCUT2D eigenvalue weighted by molar-refractivity contribution is 0.415. The summed E-state index contributed by atoms with van der Waals surface area (Å²) >= 11 is 10.4. The Kier molecular flexibility index (Phi) is 6.73. The predicted octanol–water partition coefficient (Wildman–Crippen LogP) is 3.78. The normalized spacial score (nSPS) is 11.0. The maximum atomic E-state index is 5.64. The van der Waals surface area contributed by atoms with Gasteiger partial charge in [0, 0.05) is 23.9 Å². The number of fused-ring (bicyclic) bond motifs is 3. The number of methoxy groups -OCH3 is 1. The van der Waals surface area contributed by atoms with Gasteiger partial charge in [0.2, 0.25) is 5.11 Å². The molecule has 29 heavy (non-hydrogen) atoms. The van der Waals surface area contributed by atoms with Gasteiger partial charge in [0.1, 0.15) is 22.6 Å². The first-order valence-corrected chi connectivity index (χ1v) is 9.77. The molecule has 0 unspecified atom stereocenters. The van der Waals surface area contributed by atoms with Crippen LogP contribution < -0.4 is 26.2 Å². The van der Waals surface area contributed by atoms with Gasteiger partial charge in [-0.25, -0.2) is 4.98 Å². The molecule has 0 bridgehead atoms. The Morgan fingerprint density at radius 2 is 1.97 bits per heavy atom. The Morgan fingerprint density at radius 3 is 2.69 bits per heavy atom. The molecule has 152 valence electrons. The van der Waals surface area contributed by atoms with Gasteiger partial charge < -0.3 is 19.8 Å². The molecule has 0 aliphatic carbocycles. The highest BCUT2D eigenvalue weighted by atomic mass is 32.1. The highest BCUT2D eigenvalue weighted by molar-refractivity contribution is 7.80. The number of hydrazine groups is 1. The number of oxazole rings is 1. The number of hydrogen-bond donors (Lipinski definition) is 4. The van der Waals surface area contributed by atoms with Crippen LogP contribution in [0.2, 0.25) is 0 Å². The quantitative estimate of drug-likeness (QED) is 0.263. The SMILES string of the molecule is CCNC(=S)N=Nc1c(NNC(=S)NCC)c2ncoc2c2ccc(OC)cc12. The van der Waals surface area contributed by atoms with E-state index >= 15 is 0 Å². The van der Waals surface area contributed by atoms with E-state index in [1.807, 2.05) is 32.0 Å². The van der Waals surface area contributed by atoms with E-state index in [9.17, 15) is 0 Å². The Labute approximate surface area is 178 Å². The maximum Gasteiger partial charge on any atom is 0.213 e. The highest BCUT2D eigenvalue weighted by Gasteiger charge is 2.19. The molecular formula is C18H21N7O2S2. The van der Waals surface area contributed by atoms with Crippen molar-refractivity contribution in [3.05, 3.63) is 24.6 Å². The van der Waals surface area contributed by atoms with Gasteiger partial charge >= 0.3 is 0 Å². The molecule has 0 spiro atoms. The second-order valence-corrected chi connectivity index (χ2v) is 6.61. The van der Waals surface area contributed by atoms with Gasteiger partial charge in [0.25, 0.3) is 0 Å². The zero-order valence-corrected chi connectivity index (χ0v) is 17.8. The minimum absolute atomic E-state index is 0.283. The molecule has 1 heterocycles. The smallest absolute Gasteiger partial charge is 0.213 e. The number of thiocarbonyl (C=S) groups is 2. The highest BCUT2D eigenvalue weighted by Crippen LogP contribution is 2.42. The third-order valence-electron chi connectivity index (χ3n) is 3.97. The maximum absolute atomic E-state index is 5.64. The van der Waals surface area contributed by atoms with Crippen LogP contribution in [0.4, 0.5) is 11.4 Å². The van der Waals surface area contributed by atoms with E-state index in [4.69, 9.17) is 33.6 Å². The number of nitrogens with zero attached hydrogens (tertiary/aromatic N) is 3. The fourth-order valence-electron chi connectivity index (χ4n) is 2.73. The summed E-state index contributed by atoms with van der Waals surface area (Å²) in [4.78, 5) is 4.35. The van der Waals surface area contributed by atoms with Crippen molar-refractivity contribution < 1.29 is 9.15 Å². The first-order chi connectivity index (χ1) is 14.1. The molecule has 0 saturated heterocycles. The Hall–Kier alpha value is -3.05. The summed E-state index contributed by atoms with van der Waals surface area (Å²) in [6.07, 6.45) is 1.38. The van der Waals surface area contributed by atoms with Crippen LogP contribution in [-0.4, -0.2) is 35.4 Å². The van der Waals surface area contributed by atoms with E-state index in [2.05, 4.69) is 36.7 Å². The first-order valence-electron chi connectivity index (χ1n) is 8.95. The van der Waals surface area contributed by atoms with E-state index in [1.54, 1.807) is 7.11 Å². The molecule has 0 aliphatic heterocycles. The molecule has 0 amide bonds. The average Bonchev–Trinajstić information content (AvgIpc) is 3.20. The Morgan fingerprint density at radius 1 is 1.17 bits per heavy atom.